The molecule has 2 aromatic heterocycles. The normalized spacial score (nSPS) is 11.1. The molecular weight excluding hydrogens is 310 g/mol. The molecule has 0 unspecified atom stereocenters. The number of rotatable bonds is 3. The van der Waals surface area contributed by atoms with Crippen LogP contribution in [-0.4, -0.2) is 16.8 Å². The molecule has 0 atom stereocenters. The Labute approximate surface area is 137 Å². The van der Waals surface area contributed by atoms with Gasteiger partial charge in [0.05, 0.1) is 5.56 Å². The third-order valence-electron chi connectivity index (χ3n) is 3.27. The second kappa shape index (κ2) is 6.41. The summed E-state index contributed by atoms with van der Waals surface area (Å²) in [5.41, 5.74) is 6.31. The minimum atomic E-state index is -0.511. The number of hydrazine groups is 1. The van der Waals surface area contributed by atoms with Crippen molar-refractivity contribution in [1.82, 2.24) is 15.8 Å². The molecule has 2 heterocycles. The highest BCUT2D eigenvalue weighted by molar-refractivity contribution is 5.98. The number of aromatic nitrogens is 1. The van der Waals surface area contributed by atoms with E-state index in [-0.39, 0.29) is 0 Å². The van der Waals surface area contributed by atoms with Crippen LogP contribution < -0.4 is 10.9 Å². The number of nitrogens with zero attached hydrogens (tertiary/aromatic N) is 1. The molecule has 7 nitrogen and oxygen atoms in total. The van der Waals surface area contributed by atoms with Crippen molar-refractivity contribution in [2.75, 3.05) is 0 Å². The van der Waals surface area contributed by atoms with E-state index in [1.165, 1.54) is 12.2 Å². The summed E-state index contributed by atoms with van der Waals surface area (Å²) in [4.78, 5) is 27.9. The minimum absolute atomic E-state index is 0.305. The van der Waals surface area contributed by atoms with Crippen LogP contribution in [0.2, 0.25) is 0 Å². The van der Waals surface area contributed by atoms with Crippen molar-refractivity contribution in [3.05, 3.63) is 59.4 Å². The zero-order chi connectivity index (χ0) is 17.1. The van der Waals surface area contributed by atoms with E-state index in [1.54, 1.807) is 26.0 Å². The van der Waals surface area contributed by atoms with Crippen molar-refractivity contribution in [2.45, 2.75) is 13.8 Å². The van der Waals surface area contributed by atoms with E-state index in [1.807, 2.05) is 18.2 Å². The van der Waals surface area contributed by atoms with Gasteiger partial charge in [-0.15, -0.1) is 0 Å². The molecular formula is C17H15N3O4. The van der Waals surface area contributed by atoms with Gasteiger partial charge in [-0.25, -0.2) is 4.98 Å². The quantitative estimate of drug-likeness (QED) is 0.569. The second-order valence-corrected chi connectivity index (χ2v) is 5.12. The van der Waals surface area contributed by atoms with Crippen LogP contribution in [0.25, 0.3) is 17.2 Å². The zero-order valence-corrected chi connectivity index (χ0v) is 13.1. The van der Waals surface area contributed by atoms with Crippen molar-refractivity contribution in [2.24, 2.45) is 0 Å². The summed E-state index contributed by atoms with van der Waals surface area (Å²) in [7, 11) is 0. The summed E-state index contributed by atoms with van der Waals surface area (Å²) < 4.78 is 10.7. The highest BCUT2D eigenvalue weighted by Crippen LogP contribution is 2.15. The van der Waals surface area contributed by atoms with Gasteiger partial charge in [-0.1, -0.05) is 12.1 Å². The van der Waals surface area contributed by atoms with Crippen LogP contribution in [0, 0.1) is 13.8 Å². The Kier molecular flexibility index (Phi) is 4.15. The van der Waals surface area contributed by atoms with Crippen LogP contribution >= 0.6 is 0 Å². The van der Waals surface area contributed by atoms with Crippen LogP contribution in [0.4, 0.5) is 0 Å². The van der Waals surface area contributed by atoms with E-state index < -0.39 is 11.8 Å². The summed E-state index contributed by atoms with van der Waals surface area (Å²) in [6.07, 6.45) is 2.65. The summed E-state index contributed by atoms with van der Waals surface area (Å²) in [5.74, 6) is 0.455. The maximum Gasteiger partial charge on any atom is 0.273 e. The van der Waals surface area contributed by atoms with Gasteiger partial charge in [0, 0.05) is 12.2 Å². The van der Waals surface area contributed by atoms with Crippen LogP contribution in [0.3, 0.4) is 0 Å². The van der Waals surface area contributed by atoms with Crippen molar-refractivity contribution < 1.29 is 18.4 Å². The minimum Gasteiger partial charge on any atom is -0.466 e. The molecule has 0 saturated carbocycles. The van der Waals surface area contributed by atoms with Gasteiger partial charge in [-0.05, 0) is 32.0 Å². The Balaban J connectivity index is 1.59. The van der Waals surface area contributed by atoms with Crippen LogP contribution in [0.1, 0.15) is 27.8 Å². The average Bonchev–Trinajstić information content (AvgIpc) is 3.12. The molecule has 24 heavy (non-hydrogen) atoms. The lowest BCUT2D eigenvalue weighted by atomic mass is 10.2. The maximum absolute atomic E-state index is 11.9. The van der Waals surface area contributed by atoms with Gasteiger partial charge >= 0.3 is 0 Å². The van der Waals surface area contributed by atoms with Gasteiger partial charge in [-0.2, -0.15) is 0 Å². The topological polar surface area (TPSA) is 97.4 Å². The fraction of sp³-hybridized carbons (Fsp3) is 0.118. The molecule has 2 N–H and O–H groups in total. The lowest BCUT2D eigenvalue weighted by Crippen LogP contribution is -2.40. The molecule has 3 aromatic rings. The fourth-order valence-electron chi connectivity index (χ4n) is 2.19. The molecule has 0 bridgehead atoms. The SMILES string of the molecule is Cc1cc(C(=O)NNC(=O)/C=C/c2nc3ccccc3o2)c(C)o1. The third-order valence-corrected chi connectivity index (χ3v) is 3.27. The Morgan fingerprint density at radius 1 is 1.12 bits per heavy atom. The van der Waals surface area contributed by atoms with Gasteiger partial charge < -0.3 is 8.83 Å². The average molecular weight is 325 g/mol. The van der Waals surface area contributed by atoms with Crippen molar-refractivity contribution in [1.29, 1.82) is 0 Å². The number of fused-ring (bicyclic) bond motifs is 1. The van der Waals surface area contributed by atoms with Crippen molar-refractivity contribution in [3.63, 3.8) is 0 Å². The molecule has 0 spiro atoms. The van der Waals surface area contributed by atoms with Gasteiger partial charge in [-0.3, -0.25) is 20.4 Å². The number of amides is 2. The number of carbonyl (C=O) groups excluding carboxylic acids is 2. The van der Waals surface area contributed by atoms with E-state index in [4.69, 9.17) is 8.83 Å². The molecule has 0 fully saturated rings. The summed E-state index contributed by atoms with van der Waals surface area (Å²) in [6.45, 7) is 3.42. The predicted molar refractivity (Wildman–Crippen MR) is 86.8 cm³/mol. The lowest BCUT2D eigenvalue weighted by molar-refractivity contribution is -0.117. The molecule has 7 heteroatoms. The monoisotopic (exact) mass is 325 g/mol. The molecule has 0 radical (unpaired) electrons. The zero-order valence-electron chi connectivity index (χ0n) is 13.1. The lowest BCUT2D eigenvalue weighted by Gasteiger charge is -2.03. The first-order chi connectivity index (χ1) is 11.5. The van der Waals surface area contributed by atoms with Crippen LogP contribution in [0.15, 0.2) is 45.2 Å². The molecule has 3 rings (SSSR count). The van der Waals surface area contributed by atoms with Crippen molar-refractivity contribution in [3.8, 4) is 0 Å². The van der Waals surface area contributed by atoms with E-state index in [9.17, 15) is 9.59 Å². The maximum atomic E-state index is 11.9. The third kappa shape index (κ3) is 3.35. The van der Waals surface area contributed by atoms with Crippen LogP contribution in [-0.2, 0) is 4.79 Å². The number of oxazole rings is 1. The molecule has 1 aromatic carbocycles. The number of nitrogens with one attached hydrogen (secondary N) is 2. The molecule has 0 saturated heterocycles. The van der Waals surface area contributed by atoms with E-state index >= 15 is 0 Å². The molecule has 0 aliphatic heterocycles. The van der Waals surface area contributed by atoms with Gasteiger partial charge in [0.2, 0.25) is 5.89 Å². The predicted octanol–water partition coefficient (Wildman–Crippen LogP) is 2.51. The van der Waals surface area contributed by atoms with E-state index in [0.717, 1.165) is 0 Å². The fourth-order valence-corrected chi connectivity index (χ4v) is 2.19. The van der Waals surface area contributed by atoms with E-state index in [2.05, 4.69) is 15.8 Å². The van der Waals surface area contributed by atoms with Crippen molar-refractivity contribution >= 4 is 29.0 Å². The number of furan rings is 1. The molecule has 122 valence electrons. The Morgan fingerprint density at radius 2 is 1.92 bits per heavy atom. The van der Waals surface area contributed by atoms with Gasteiger partial charge in [0.15, 0.2) is 5.58 Å². The number of carbonyl (C=O) groups is 2. The number of hydrogen-bond acceptors (Lipinski definition) is 5. The summed E-state index contributed by atoms with van der Waals surface area (Å²) >= 11 is 0. The van der Waals surface area contributed by atoms with Gasteiger partial charge in [0.25, 0.3) is 11.8 Å². The first kappa shape index (κ1) is 15.5. The standard InChI is InChI=1S/C17H15N3O4/c1-10-9-12(11(2)23-10)17(22)20-19-15(21)7-8-16-18-13-5-3-4-6-14(13)24-16/h3-9H,1-2H3,(H,19,21)(H,20,22)/b8-7+. The highest BCUT2D eigenvalue weighted by atomic mass is 16.3. The highest BCUT2D eigenvalue weighted by Gasteiger charge is 2.13. The summed E-state index contributed by atoms with van der Waals surface area (Å²) in [6, 6.07) is 8.88. The molecule has 0 aliphatic rings. The number of hydrogen-bond donors (Lipinski definition) is 2. The smallest absolute Gasteiger partial charge is 0.273 e. The first-order valence-electron chi connectivity index (χ1n) is 7.24. The Bertz CT molecular complexity index is 903. The molecule has 0 aliphatic carbocycles. The summed E-state index contributed by atoms with van der Waals surface area (Å²) in [5, 5.41) is 0. The number of benzene rings is 1. The van der Waals surface area contributed by atoms with E-state index in [0.29, 0.717) is 34.1 Å². The Hall–Kier alpha value is -3.35. The second-order valence-electron chi connectivity index (χ2n) is 5.12. The Morgan fingerprint density at radius 3 is 2.62 bits per heavy atom. The largest absolute Gasteiger partial charge is 0.466 e. The first-order valence-corrected chi connectivity index (χ1v) is 7.24. The molecule has 2 amide bonds. The number of para-hydroxylation sites is 2. The van der Waals surface area contributed by atoms with Gasteiger partial charge in [0.1, 0.15) is 17.0 Å². The van der Waals surface area contributed by atoms with Crippen LogP contribution in [0.5, 0.6) is 0 Å². The number of aryl methyl sites for hydroxylation is 2.